The maximum absolute atomic E-state index is 12.0. The first kappa shape index (κ1) is 35.9. The molecule has 8 rings (SSSR count). The minimum atomic E-state index is -0.265. The molecule has 0 unspecified atom stereocenters. The predicted molar refractivity (Wildman–Crippen MR) is 230 cm³/mol. The molecule has 2 heterocycles. The number of aromatic hydroxyl groups is 1. The van der Waals surface area contributed by atoms with Gasteiger partial charge < -0.3 is 10.4 Å². The van der Waals surface area contributed by atoms with Gasteiger partial charge in [-0.1, -0.05) is 145 Å². The van der Waals surface area contributed by atoms with Gasteiger partial charge in [0.15, 0.2) is 0 Å². The zero-order valence-corrected chi connectivity index (χ0v) is 32.8. The molecule has 1 aromatic heterocycles. The third kappa shape index (κ3) is 7.03. The number of phenols is 1. The van der Waals surface area contributed by atoms with Crippen molar-refractivity contribution in [2.45, 2.75) is 65.2 Å². The number of para-hydroxylation sites is 2. The quantitative estimate of drug-likeness (QED) is 0.172. The lowest BCUT2D eigenvalue weighted by Crippen LogP contribution is -2.31. The van der Waals surface area contributed by atoms with Crippen LogP contribution in [-0.4, -0.2) is 21.4 Å². The highest BCUT2D eigenvalue weighted by atomic mass is 16.3. The molecule has 1 aliphatic rings. The van der Waals surface area contributed by atoms with Crippen molar-refractivity contribution < 1.29 is 5.11 Å². The van der Waals surface area contributed by atoms with Crippen LogP contribution in [0.15, 0.2) is 151 Å². The molecule has 0 amide bonds. The van der Waals surface area contributed by atoms with Crippen molar-refractivity contribution in [2.24, 2.45) is 0 Å². The van der Waals surface area contributed by atoms with Crippen LogP contribution >= 0.6 is 0 Å². The van der Waals surface area contributed by atoms with Crippen LogP contribution in [0, 0.1) is 0 Å². The smallest absolute Gasteiger partial charge is 0.128 e. The number of benzene rings is 6. The van der Waals surface area contributed by atoms with E-state index in [1.807, 2.05) is 0 Å². The van der Waals surface area contributed by atoms with Crippen LogP contribution < -0.4 is 10.2 Å². The standard InChI is InChI=1S/C50H50N4O/c1-49(2,3)37-31-42(48(55)43(32-37)50(4,5)6)47-41-24-14-16-26-45(41)54(52-47)39-30-36(34-19-9-7-10-20-34)29-38(33-39)53(46-27-17-18-28-51-46)44-25-15-13-23-40(44)35-21-11-8-12-22-35/h7-16,19-27,29-33,51,55H,17-18,28H2,1-6H3. The Morgan fingerprint density at radius 1 is 0.655 bits per heavy atom. The van der Waals surface area contributed by atoms with E-state index in [-0.39, 0.29) is 16.6 Å². The van der Waals surface area contributed by atoms with Crippen LogP contribution in [0.5, 0.6) is 5.75 Å². The van der Waals surface area contributed by atoms with Crippen molar-refractivity contribution in [1.29, 1.82) is 0 Å². The highest BCUT2D eigenvalue weighted by Gasteiger charge is 2.28. The molecular formula is C50H50N4O. The number of nitrogens with one attached hydrogen (secondary N) is 1. The van der Waals surface area contributed by atoms with Crippen molar-refractivity contribution >= 4 is 22.3 Å². The predicted octanol–water partition coefficient (Wildman–Crippen LogP) is 12.7. The normalized spacial score (nSPS) is 13.4. The van der Waals surface area contributed by atoms with E-state index in [2.05, 4.69) is 202 Å². The molecule has 5 heteroatoms. The molecule has 7 aromatic rings. The Morgan fingerprint density at radius 3 is 2.02 bits per heavy atom. The lowest BCUT2D eigenvalue weighted by molar-refractivity contribution is 0.446. The van der Waals surface area contributed by atoms with E-state index >= 15 is 0 Å². The lowest BCUT2D eigenvalue weighted by Gasteiger charge is -2.32. The van der Waals surface area contributed by atoms with E-state index in [4.69, 9.17) is 5.10 Å². The van der Waals surface area contributed by atoms with E-state index in [1.165, 1.54) is 0 Å². The summed E-state index contributed by atoms with van der Waals surface area (Å²) in [4.78, 5) is 2.37. The maximum atomic E-state index is 12.0. The number of hydrogen-bond acceptors (Lipinski definition) is 4. The minimum Gasteiger partial charge on any atom is -0.507 e. The summed E-state index contributed by atoms with van der Waals surface area (Å²) in [5.41, 5.74) is 11.7. The summed E-state index contributed by atoms with van der Waals surface area (Å²) in [6.45, 7) is 14.0. The number of rotatable bonds is 7. The first-order chi connectivity index (χ1) is 26.5. The number of fused-ring (bicyclic) bond motifs is 1. The summed E-state index contributed by atoms with van der Waals surface area (Å²) >= 11 is 0. The fourth-order valence-electron chi connectivity index (χ4n) is 7.66. The average Bonchev–Trinajstić information content (AvgIpc) is 3.58. The van der Waals surface area contributed by atoms with Crippen molar-refractivity contribution in [3.63, 3.8) is 0 Å². The van der Waals surface area contributed by atoms with E-state index in [1.54, 1.807) is 0 Å². The maximum Gasteiger partial charge on any atom is 0.128 e. The molecule has 0 spiro atoms. The summed E-state index contributed by atoms with van der Waals surface area (Å²) in [6.07, 6.45) is 4.41. The number of aromatic nitrogens is 2. The van der Waals surface area contributed by atoms with Gasteiger partial charge in [0.05, 0.1) is 22.6 Å². The Hall–Kier alpha value is -6.07. The van der Waals surface area contributed by atoms with Crippen LogP contribution in [0.2, 0.25) is 0 Å². The second-order valence-corrected chi connectivity index (χ2v) is 16.7. The Balaban J connectivity index is 1.40. The molecular weight excluding hydrogens is 673 g/mol. The van der Waals surface area contributed by atoms with Gasteiger partial charge in [0.25, 0.3) is 0 Å². The second-order valence-electron chi connectivity index (χ2n) is 16.7. The topological polar surface area (TPSA) is 53.3 Å². The lowest BCUT2D eigenvalue weighted by atomic mass is 9.78. The fraction of sp³-hybridized carbons (Fsp3) is 0.220. The number of anilines is 2. The van der Waals surface area contributed by atoms with E-state index in [0.717, 1.165) is 97.8 Å². The highest BCUT2D eigenvalue weighted by Crippen LogP contribution is 2.45. The van der Waals surface area contributed by atoms with Crippen LogP contribution in [-0.2, 0) is 10.8 Å². The third-order valence-corrected chi connectivity index (χ3v) is 10.6. The van der Waals surface area contributed by atoms with Crippen molar-refractivity contribution in [2.75, 3.05) is 11.4 Å². The Labute approximate surface area is 325 Å². The highest BCUT2D eigenvalue weighted by molar-refractivity contribution is 5.96. The van der Waals surface area contributed by atoms with Crippen LogP contribution in [0.3, 0.4) is 0 Å². The van der Waals surface area contributed by atoms with E-state index in [9.17, 15) is 5.11 Å². The molecule has 1 aliphatic heterocycles. The molecule has 0 bridgehead atoms. The van der Waals surface area contributed by atoms with Gasteiger partial charge in [-0.2, -0.15) is 5.10 Å². The summed E-state index contributed by atoms with van der Waals surface area (Å²) in [6, 6.07) is 49.3. The molecule has 5 nitrogen and oxygen atoms in total. The second kappa shape index (κ2) is 14.3. The summed E-state index contributed by atoms with van der Waals surface area (Å²) in [7, 11) is 0. The van der Waals surface area contributed by atoms with Crippen LogP contribution in [0.4, 0.5) is 11.4 Å². The number of nitrogens with zero attached hydrogens (tertiary/aromatic N) is 3. The van der Waals surface area contributed by atoms with Crippen molar-refractivity contribution in [1.82, 2.24) is 15.1 Å². The first-order valence-electron chi connectivity index (χ1n) is 19.4. The van der Waals surface area contributed by atoms with Gasteiger partial charge in [-0.15, -0.1) is 0 Å². The van der Waals surface area contributed by atoms with Crippen molar-refractivity contribution in [3.05, 3.63) is 163 Å². The van der Waals surface area contributed by atoms with Gasteiger partial charge >= 0.3 is 0 Å². The fourth-order valence-corrected chi connectivity index (χ4v) is 7.66. The zero-order valence-electron chi connectivity index (χ0n) is 32.8. The van der Waals surface area contributed by atoms with Crippen LogP contribution in [0.1, 0.15) is 65.5 Å². The first-order valence-corrected chi connectivity index (χ1v) is 19.4. The van der Waals surface area contributed by atoms with E-state index in [0.29, 0.717) is 0 Å². The van der Waals surface area contributed by atoms with Gasteiger partial charge in [0, 0.05) is 28.6 Å². The number of hydrogen-bond donors (Lipinski definition) is 2. The molecule has 2 N–H and O–H groups in total. The van der Waals surface area contributed by atoms with Gasteiger partial charge in [-0.05, 0) is 88.4 Å². The zero-order chi connectivity index (χ0) is 38.3. The SMILES string of the molecule is CC(C)(C)c1cc(-c2nn(-c3cc(-c4ccccc4)cc(N(C4=CCCCN4)c4ccccc4-c4ccccc4)c3)c3ccccc23)c(O)c(C(C)(C)C)c1. The molecule has 6 aromatic carbocycles. The van der Waals surface area contributed by atoms with Gasteiger partial charge in [0.2, 0.25) is 0 Å². The molecule has 276 valence electrons. The Morgan fingerprint density at radius 2 is 1.33 bits per heavy atom. The molecule has 55 heavy (non-hydrogen) atoms. The molecule has 0 fully saturated rings. The van der Waals surface area contributed by atoms with Crippen molar-refractivity contribution in [3.8, 4) is 44.9 Å². The molecule has 0 saturated carbocycles. The Bertz CT molecular complexity index is 2520. The number of allylic oxidation sites excluding steroid dienone is 1. The van der Waals surface area contributed by atoms with Gasteiger partial charge in [-0.25, -0.2) is 4.68 Å². The Kier molecular flexibility index (Phi) is 9.34. The third-order valence-electron chi connectivity index (χ3n) is 10.6. The molecule has 0 radical (unpaired) electrons. The monoisotopic (exact) mass is 722 g/mol. The summed E-state index contributed by atoms with van der Waals surface area (Å²) < 4.78 is 2.06. The largest absolute Gasteiger partial charge is 0.507 e. The van der Waals surface area contributed by atoms with Gasteiger partial charge in [-0.3, -0.25) is 4.90 Å². The summed E-state index contributed by atoms with van der Waals surface area (Å²) in [5.74, 6) is 1.35. The van der Waals surface area contributed by atoms with Gasteiger partial charge in [0.1, 0.15) is 17.3 Å². The number of phenolic OH excluding ortho intramolecular Hbond substituents is 1. The van der Waals surface area contributed by atoms with Crippen LogP contribution in [0.25, 0.3) is 50.1 Å². The molecule has 0 saturated heterocycles. The average molecular weight is 723 g/mol. The molecule has 0 atom stereocenters. The summed E-state index contributed by atoms with van der Waals surface area (Å²) in [5, 5.41) is 22.2. The van der Waals surface area contributed by atoms with E-state index < -0.39 is 0 Å². The minimum absolute atomic E-state index is 0.124. The molecule has 0 aliphatic carbocycles.